The highest BCUT2D eigenvalue weighted by Crippen LogP contribution is 2.29. The van der Waals surface area contributed by atoms with E-state index in [0.29, 0.717) is 16.7 Å². The third-order valence-corrected chi connectivity index (χ3v) is 4.91. The molecule has 29 heavy (non-hydrogen) atoms. The molecule has 4 rings (SSSR count). The first-order chi connectivity index (χ1) is 14.2. The lowest BCUT2D eigenvalue weighted by Crippen LogP contribution is -1.94. The molecule has 1 aromatic heterocycles. The molecule has 4 aromatic rings. The Morgan fingerprint density at radius 3 is 2.45 bits per heavy atom. The Hall–Kier alpha value is -3.01. The normalized spacial score (nSPS) is 11.1. The van der Waals surface area contributed by atoms with Gasteiger partial charge in [-0.2, -0.15) is 0 Å². The van der Waals surface area contributed by atoms with Gasteiger partial charge in [0, 0.05) is 16.8 Å². The number of aromatic amines is 1. The summed E-state index contributed by atoms with van der Waals surface area (Å²) in [6.45, 7) is 0.554. The van der Waals surface area contributed by atoms with Gasteiger partial charge in [0.2, 0.25) is 0 Å². The van der Waals surface area contributed by atoms with Crippen molar-refractivity contribution in [3.05, 3.63) is 106 Å². The SMILES string of the molecule is Clc1ccc(-c2c[nH]c(/C=C/c3ccc(OCc4ccccc4)cc3)n2)c(Cl)c1. The third-order valence-electron chi connectivity index (χ3n) is 4.37. The van der Waals surface area contributed by atoms with Gasteiger partial charge in [-0.05, 0) is 47.5 Å². The number of nitrogens with one attached hydrogen (secondary N) is 1. The minimum absolute atomic E-state index is 0.554. The lowest BCUT2D eigenvalue weighted by molar-refractivity contribution is 0.306. The average molecular weight is 421 g/mol. The second-order valence-electron chi connectivity index (χ2n) is 6.47. The summed E-state index contributed by atoms with van der Waals surface area (Å²) in [6.07, 6.45) is 5.75. The molecule has 1 N–H and O–H groups in total. The minimum Gasteiger partial charge on any atom is -0.489 e. The van der Waals surface area contributed by atoms with E-state index in [1.165, 1.54) is 0 Å². The molecule has 0 radical (unpaired) electrons. The van der Waals surface area contributed by atoms with E-state index in [1.54, 1.807) is 12.1 Å². The molecule has 0 fully saturated rings. The van der Waals surface area contributed by atoms with Crippen molar-refractivity contribution in [2.45, 2.75) is 6.61 Å². The van der Waals surface area contributed by atoms with E-state index in [2.05, 4.69) is 9.97 Å². The van der Waals surface area contributed by atoms with Crippen LogP contribution in [0, 0.1) is 0 Å². The molecular weight excluding hydrogens is 403 g/mol. The molecule has 0 atom stereocenters. The average Bonchev–Trinajstić information content (AvgIpc) is 3.21. The van der Waals surface area contributed by atoms with E-state index in [0.717, 1.165) is 34.0 Å². The van der Waals surface area contributed by atoms with E-state index in [1.807, 2.05) is 79.0 Å². The number of aromatic nitrogens is 2. The van der Waals surface area contributed by atoms with Crippen molar-refractivity contribution < 1.29 is 4.74 Å². The van der Waals surface area contributed by atoms with Crippen LogP contribution in [0.2, 0.25) is 10.0 Å². The Labute approximate surface area is 179 Å². The van der Waals surface area contributed by atoms with Crippen LogP contribution >= 0.6 is 23.2 Å². The highest BCUT2D eigenvalue weighted by molar-refractivity contribution is 6.36. The summed E-state index contributed by atoms with van der Waals surface area (Å²) in [4.78, 5) is 7.72. The number of imidazole rings is 1. The maximum Gasteiger partial charge on any atom is 0.130 e. The Balaban J connectivity index is 1.40. The third kappa shape index (κ3) is 5.08. The topological polar surface area (TPSA) is 37.9 Å². The van der Waals surface area contributed by atoms with Gasteiger partial charge in [0.1, 0.15) is 18.2 Å². The van der Waals surface area contributed by atoms with E-state index in [9.17, 15) is 0 Å². The van der Waals surface area contributed by atoms with Crippen molar-refractivity contribution >= 4 is 35.4 Å². The molecule has 0 aliphatic heterocycles. The Kier molecular flexibility index (Phi) is 5.99. The van der Waals surface area contributed by atoms with Crippen LogP contribution in [-0.4, -0.2) is 9.97 Å². The second-order valence-corrected chi connectivity index (χ2v) is 7.32. The number of ether oxygens (including phenoxy) is 1. The summed E-state index contributed by atoms with van der Waals surface area (Å²) in [5, 5.41) is 1.18. The molecule has 0 spiro atoms. The Morgan fingerprint density at radius 1 is 0.897 bits per heavy atom. The summed E-state index contributed by atoms with van der Waals surface area (Å²) < 4.78 is 5.82. The summed E-state index contributed by atoms with van der Waals surface area (Å²) >= 11 is 12.2. The predicted molar refractivity (Wildman–Crippen MR) is 120 cm³/mol. The van der Waals surface area contributed by atoms with Crippen molar-refractivity contribution in [1.29, 1.82) is 0 Å². The molecule has 0 saturated heterocycles. The first-order valence-electron chi connectivity index (χ1n) is 9.13. The van der Waals surface area contributed by atoms with Gasteiger partial charge in [-0.15, -0.1) is 0 Å². The van der Waals surface area contributed by atoms with Gasteiger partial charge in [0.05, 0.1) is 10.7 Å². The van der Waals surface area contributed by atoms with Crippen LogP contribution in [0.25, 0.3) is 23.4 Å². The second kappa shape index (κ2) is 8.99. The lowest BCUT2D eigenvalue weighted by atomic mass is 10.2. The fourth-order valence-corrected chi connectivity index (χ4v) is 3.35. The van der Waals surface area contributed by atoms with Crippen molar-refractivity contribution in [2.75, 3.05) is 0 Å². The monoisotopic (exact) mass is 420 g/mol. The van der Waals surface area contributed by atoms with E-state index in [4.69, 9.17) is 27.9 Å². The molecule has 5 heteroatoms. The van der Waals surface area contributed by atoms with Crippen LogP contribution in [0.5, 0.6) is 5.75 Å². The zero-order valence-electron chi connectivity index (χ0n) is 15.5. The number of benzene rings is 3. The molecule has 144 valence electrons. The van der Waals surface area contributed by atoms with Crippen molar-refractivity contribution in [3.8, 4) is 17.0 Å². The summed E-state index contributed by atoms with van der Waals surface area (Å²) in [5.41, 5.74) is 3.81. The molecule has 0 unspecified atom stereocenters. The van der Waals surface area contributed by atoms with Crippen LogP contribution in [0.1, 0.15) is 17.0 Å². The van der Waals surface area contributed by atoms with Crippen LogP contribution in [0.15, 0.2) is 79.0 Å². The van der Waals surface area contributed by atoms with Crippen molar-refractivity contribution in [3.63, 3.8) is 0 Å². The predicted octanol–water partition coefficient (Wildman–Crippen LogP) is 7.13. The molecule has 3 nitrogen and oxygen atoms in total. The van der Waals surface area contributed by atoms with Crippen LogP contribution in [-0.2, 0) is 6.61 Å². The number of rotatable bonds is 6. The van der Waals surface area contributed by atoms with Crippen molar-refractivity contribution in [1.82, 2.24) is 9.97 Å². The molecular formula is C24H18Cl2N2O. The van der Waals surface area contributed by atoms with Gasteiger partial charge < -0.3 is 9.72 Å². The molecule has 1 heterocycles. The first kappa shape index (κ1) is 19.3. The maximum absolute atomic E-state index is 6.26. The van der Waals surface area contributed by atoms with E-state index >= 15 is 0 Å². The zero-order valence-corrected chi connectivity index (χ0v) is 17.0. The number of halogens is 2. The Morgan fingerprint density at radius 2 is 1.69 bits per heavy atom. The van der Waals surface area contributed by atoms with Gasteiger partial charge in [0.15, 0.2) is 0 Å². The number of nitrogens with zero attached hydrogens (tertiary/aromatic N) is 1. The largest absolute Gasteiger partial charge is 0.489 e. The fourth-order valence-electron chi connectivity index (χ4n) is 2.85. The number of hydrogen-bond acceptors (Lipinski definition) is 2. The number of hydrogen-bond donors (Lipinski definition) is 1. The standard InChI is InChI=1S/C24H18Cl2N2O/c25-19-9-12-21(22(26)14-19)23-15-27-24(28-23)13-8-17-6-10-20(11-7-17)29-16-18-4-2-1-3-5-18/h1-15H,16H2,(H,27,28)/b13-8+. The molecule has 0 amide bonds. The van der Waals surface area contributed by atoms with Gasteiger partial charge in [-0.3, -0.25) is 0 Å². The number of H-pyrrole nitrogens is 1. The zero-order chi connectivity index (χ0) is 20.1. The first-order valence-corrected chi connectivity index (χ1v) is 9.89. The quantitative estimate of drug-likeness (QED) is 0.360. The van der Waals surface area contributed by atoms with E-state index < -0.39 is 0 Å². The molecule has 0 bridgehead atoms. The molecule has 0 aliphatic rings. The van der Waals surface area contributed by atoms with E-state index in [-0.39, 0.29) is 0 Å². The molecule has 0 aliphatic carbocycles. The minimum atomic E-state index is 0.554. The highest BCUT2D eigenvalue weighted by Gasteiger charge is 2.07. The smallest absolute Gasteiger partial charge is 0.130 e. The van der Waals surface area contributed by atoms with Gasteiger partial charge >= 0.3 is 0 Å². The summed E-state index contributed by atoms with van der Waals surface area (Å²) in [6, 6.07) is 23.4. The van der Waals surface area contributed by atoms with Crippen LogP contribution in [0.3, 0.4) is 0 Å². The lowest BCUT2D eigenvalue weighted by Gasteiger charge is -2.06. The molecule has 3 aromatic carbocycles. The molecule has 0 saturated carbocycles. The van der Waals surface area contributed by atoms with Crippen LogP contribution in [0.4, 0.5) is 0 Å². The Bertz CT molecular complexity index is 1120. The summed E-state index contributed by atoms with van der Waals surface area (Å²) in [7, 11) is 0. The summed E-state index contributed by atoms with van der Waals surface area (Å²) in [5.74, 6) is 1.58. The maximum atomic E-state index is 6.26. The van der Waals surface area contributed by atoms with Gasteiger partial charge in [-0.1, -0.05) is 71.7 Å². The van der Waals surface area contributed by atoms with Gasteiger partial charge in [-0.25, -0.2) is 4.98 Å². The fraction of sp³-hybridized carbons (Fsp3) is 0.0417. The van der Waals surface area contributed by atoms with Crippen LogP contribution < -0.4 is 4.74 Å². The highest BCUT2D eigenvalue weighted by atomic mass is 35.5. The van der Waals surface area contributed by atoms with Crippen molar-refractivity contribution in [2.24, 2.45) is 0 Å². The van der Waals surface area contributed by atoms with Gasteiger partial charge in [0.25, 0.3) is 0 Å².